The maximum absolute atomic E-state index is 11.8. The summed E-state index contributed by atoms with van der Waals surface area (Å²) in [5.41, 5.74) is 2.66. The van der Waals surface area contributed by atoms with E-state index < -0.39 is 0 Å². The van der Waals surface area contributed by atoms with Crippen molar-refractivity contribution in [3.05, 3.63) is 36.0 Å². The van der Waals surface area contributed by atoms with Gasteiger partial charge in [-0.2, -0.15) is 0 Å². The number of urea groups is 1. The predicted octanol–water partition coefficient (Wildman–Crippen LogP) is 2.66. The van der Waals surface area contributed by atoms with E-state index in [1.807, 2.05) is 6.07 Å². The molecule has 0 spiro atoms. The van der Waals surface area contributed by atoms with Crippen LogP contribution in [0.2, 0.25) is 0 Å². The highest BCUT2D eigenvalue weighted by atomic mass is 16.2. The van der Waals surface area contributed by atoms with Crippen LogP contribution in [0.3, 0.4) is 0 Å². The van der Waals surface area contributed by atoms with Crippen LogP contribution in [0.25, 0.3) is 10.9 Å². The minimum Gasteiger partial charge on any atom is -0.361 e. The molecule has 2 aromatic rings. The largest absolute Gasteiger partial charge is 0.361 e. The van der Waals surface area contributed by atoms with Gasteiger partial charge in [-0.1, -0.05) is 18.2 Å². The molecule has 0 aliphatic heterocycles. The first kappa shape index (κ1) is 11.8. The first-order valence-corrected chi connectivity index (χ1v) is 7.38. The summed E-state index contributed by atoms with van der Waals surface area (Å²) in [7, 11) is 0. The fourth-order valence-corrected chi connectivity index (χ4v) is 2.92. The molecule has 2 aliphatic rings. The lowest BCUT2D eigenvalue weighted by Crippen LogP contribution is -2.40. The van der Waals surface area contributed by atoms with Gasteiger partial charge in [0.05, 0.1) is 0 Å². The Bertz CT molecular complexity index is 653. The van der Waals surface area contributed by atoms with Gasteiger partial charge in [-0.05, 0) is 37.3 Å². The highest BCUT2D eigenvalue weighted by molar-refractivity contribution is 5.85. The molecule has 0 atom stereocenters. The molecule has 2 fully saturated rings. The van der Waals surface area contributed by atoms with E-state index >= 15 is 0 Å². The van der Waals surface area contributed by atoms with Crippen molar-refractivity contribution in [2.45, 2.75) is 37.1 Å². The molecule has 104 valence electrons. The molecule has 0 unspecified atom stereocenters. The van der Waals surface area contributed by atoms with Gasteiger partial charge in [-0.3, -0.25) is 0 Å². The SMILES string of the molecule is O=C(NCC1(c2c[nH]c3ccccc23)CC1)NC1CC1. The molecule has 20 heavy (non-hydrogen) atoms. The van der Waals surface area contributed by atoms with Crippen LogP contribution in [0.1, 0.15) is 31.2 Å². The molecule has 0 radical (unpaired) electrons. The van der Waals surface area contributed by atoms with Gasteiger partial charge >= 0.3 is 6.03 Å². The van der Waals surface area contributed by atoms with Crippen molar-refractivity contribution < 1.29 is 4.79 Å². The molecule has 0 bridgehead atoms. The summed E-state index contributed by atoms with van der Waals surface area (Å²) in [5.74, 6) is 0. The number of hydrogen-bond donors (Lipinski definition) is 3. The lowest BCUT2D eigenvalue weighted by Gasteiger charge is -2.16. The fourth-order valence-electron chi connectivity index (χ4n) is 2.92. The van der Waals surface area contributed by atoms with E-state index in [2.05, 4.69) is 40.0 Å². The van der Waals surface area contributed by atoms with Gasteiger partial charge in [-0.15, -0.1) is 0 Å². The van der Waals surface area contributed by atoms with Crippen molar-refractivity contribution in [1.29, 1.82) is 0 Å². The van der Waals surface area contributed by atoms with E-state index in [9.17, 15) is 4.79 Å². The van der Waals surface area contributed by atoms with Crippen LogP contribution < -0.4 is 10.6 Å². The lowest BCUT2D eigenvalue weighted by molar-refractivity contribution is 0.239. The van der Waals surface area contributed by atoms with Gasteiger partial charge in [0.25, 0.3) is 0 Å². The third kappa shape index (κ3) is 2.05. The highest BCUT2D eigenvalue weighted by Gasteiger charge is 2.45. The molecule has 4 rings (SSSR count). The minimum absolute atomic E-state index is 0.0152. The standard InChI is InChI=1S/C16H19N3O/c20-15(19-11-5-6-11)18-10-16(7-8-16)13-9-17-14-4-2-1-3-12(13)14/h1-4,9,11,17H,5-8,10H2,(H2,18,19,20). The van der Waals surface area contributed by atoms with E-state index in [1.165, 1.54) is 16.5 Å². The Morgan fingerprint density at radius 3 is 2.85 bits per heavy atom. The van der Waals surface area contributed by atoms with Crippen LogP contribution >= 0.6 is 0 Å². The molecule has 4 nitrogen and oxygen atoms in total. The smallest absolute Gasteiger partial charge is 0.315 e. The zero-order valence-electron chi connectivity index (χ0n) is 11.4. The number of H-pyrrole nitrogens is 1. The number of carbonyl (C=O) groups excluding carboxylic acids is 1. The molecular weight excluding hydrogens is 250 g/mol. The zero-order valence-corrected chi connectivity index (χ0v) is 11.4. The number of hydrogen-bond acceptors (Lipinski definition) is 1. The second kappa shape index (κ2) is 4.27. The summed E-state index contributed by atoms with van der Waals surface area (Å²) in [6.45, 7) is 0.730. The van der Waals surface area contributed by atoms with Gasteiger partial charge in [0.2, 0.25) is 0 Å². The summed E-state index contributed by atoms with van der Waals surface area (Å²) >= 11 is 0. The monoisotopic (exact) mass is 269 g/mol. The number of fused-ring (bicyclic) bond motifs is 1. The Labute approximate surface area is 117 Å². The Balaban J connectivity index is 1.50. The van der Waals surface area contributed by atoms with E-state index in [0.29, 0.717) is 6.04 Å². The maximum atomic E-state index is 11.8. The molecule has 2 aliphatic carbocycles. The fraction of sp³-hybridized carbons (Fsp3) is 0.438. The molecule has 1 heterocycles. The Morgan fingerprint density at radius 1 is 1.30 bits per heavy atom. The van der Waals surface area contributed by atoms with E-state index in [1.54, 1.807) is 0 Å². The summed E-state index contributed by atoms with van der Waals surface area (Å²) in [4.78, 5) is 15.1. The number of amides is 2. The lowest BCUT2D eigenvalue weighted by atomic mass is 9.95. The van der Waals surface area contributed by atoms with E-state index in [4.69, 9.17) is 0 Å². The van der Waals surface area contributed by atoms with Gasteiger partial charge in [0.1, 0.15) is 0 Å². The van der Waals surface area contributed by atoms with Crippen molar-refractivity contribution in [2.75, 3.05) is 6.54 Å². The van der Waals surface area contributed by atoms with Crippen LogP contribution in [-0.4, -0.2) is 23.6 Å². The van der Waals surface area contributed by atoms with Crippen LogP contribution in [-0.2, 0) is 5.41 Å². The van der Waals surface area contributed by atoms with Crippen LogP contribution in [0, 0.1) is 0 Å². The van der Waals surface area contributed by atoms with Crippen molar-refractivity contribution in [3.8, 4) is 0 Å². The normalized spacial score (nSPS) is 19.8. The zero-order chi connectivity index (χ0) is 13.6. The third-order valence-corrected chi connectivity index (χ3v) is 4.51. The van der Waals surface area contributed by atoms with Crippen LogP contribution in [0.4, 0.5) is 4.79 Å². The number of para-hydroxylation sites is 1. The minimum atomic E-state index is -0.0152. The van der Waals surface area contributed by atoms with E-state index in [-0.39, 0.29) is 11.4 Å². The molecule has 4 heteroatoms. The Hall–Kier alpha value is -1.97. The van der Waals surface area contributed by atoms with Gasteiger partial charge in [-0.25, -0.2) is 4.79 Å². The molecule has 1 aromatic heterocycles. The summed E-state index contributed by atoms with van der Waals surface area (Å²) < 4.78 is 0. The van der Waals surface area contributed by atoms with Crippen molar-refractivity contribution in [3.63, 3.8) is 0 Å². The summed E-state index contributed by atoms with van der Waals surface area (Å²) in [6.07, 6.45) is 6.66. The van der Waals surface area contributed by atoms with Crippen LogP contribution in [0.5, 0.6) is 0 Å². The van der Waals surface area contributed by atoms with Crippen LogP contribution in [0.15, 0.2) is 30.5 Å². The molecule has 2 saturated carbocycles. The summed E-state index contributed by atoms with van der Waals surface area (Å²) in [6, 6.07) is 8.78. The first-order chi connectivity index (χ1) is 9.77. The summed E-state index contributed by atoms with van der Waals surface area (Å²) in [5, 5.41) is 7.31. The highest BCUT2D eigenvalue weighted by Crippen LogP contribution is 2.49. The first-order valence-electron chi connectivity index (χ1n) is 7.38. The number of benzene rings is 1. The average molecular weight is 269 g/mol. The molecular formula is C16H19N3O. The number of aromatic nitrogens is 1. The van der Waals surface area contributed by atoms with Gasteiger partial charge < -0.3 is 15.6 Å². The molecule has 1 aromatic carbocycles. The number of nitrogens with one attached hydrogen (secondary N) is 3. The molecule has 3 N–H and O–H groups in total. The van der Waals surface area contributed by atoms with Crippen molar-refractivity contribution >= 4 is 16.9 Å². The van der Waals surface area contributed by atoms with Gasteiger partial charge in [0.15, 0.2) is 0 Å². The number of aromatic amines is 1. The maximum Gasteiger partial charge on any atom is 0.315 e. The van der Waals surface area contributed by atoms with Crippen molar-refractivity contribution in [1.82, 2.24) is 15.6 Å². The number of carbonyl (C=O) groups is 1. The predicted molar refractivity (Wildman–Crippen MR) is 78.8 cm³/mol. The van der Waals surface area contributed by atoms with Crippen molar-refractivity contribution in [2.24, 2.45) is 0 Å². The van der Waals surface area contributed by atoms with Gasteiger partial charge in [0, 0.05) is 35.1 Å². The molecule has 2 amide bonds. The second-order valence-corrected chi connectivity index (χ2v) is 6.13. The van der Waals surface area contributed by atoms with E-state index in [0.717, 1.165) is 32.2 Å². The number of rotatable bonds is 4. The second-order valence-electron chi connectivity index (χ2n) is 6.13. The molecule has 0 saturated heterocycles. The quantitative estimate of drug-likeness (QED) is 0.785. The topological polar surface area (TPSA) is 56.9 Å². The average Bonchev–Trinajstić information content (AvgIpc) is 3.38. The Morgan fingerprint density at radius 2 is 2.10 bits per heavy atom. The third-order valence-electron chi connectivity index (χ3n) is 4.51. The Kier molecular flexibility index (Phi) is 2.52.